The zero-order valence-electron chi connectivity index (χ0n) is 11.4. The summed E-state index contributed by atoms with van der Waals surface area (Å²) in [5.74, 6) is -0.651. The highest BCUT2D eigenvalue weighted by molar-refractivity contribution is 5.98. The number of benzene rings is 2. The molecule has 0 aliphatic heterocycles. The van der Waals surface area contributed by atoms with E-state index in [0.717, 1.165) is 5.56 Å². The number of rotatable bonds is 3. The van der Waals surface area contributed by atoms with Gasteiger partial charge in [-0.1, -0.05) is 30.3 Å². The molecule has 0 bridgehead atoms. The SMILES string of the molecule is NC(=O)c1ccc2oc(=O)c(=O)oc2c1Cc1ccccc1. The fourth-order valence-corrected chi connectivity index (χ4v) is 2.28. The summed E-state index contributed by atoms with van der Waals surface area (Å²) >= 11 is 0. The first kappa shape index (κ1) is 13.8. The fraction of sp³-hybridized carbons (Fsp3) is 0.0625. The molecule has 0 atom stereocenters. The molecule has 3 aromatic rings. The topological polar surface area (TPSA) is 104 Å². The van der Waals surface area contributed by atoms with Gasteiger partial charge in [-0.15, -0.1) is 0 Å². The average molecular weight is 297 g/mol. The van der Waals surface area contributed by atoms with Gasteiger partial charge < -0.3 is 14.6 Å². The number of carbonyl (C=O) groups excluding carboxylic acids is 1. The summed E-state index contributed by atoms with van der Waals surface area (Å²) in [6, 6.07) is 12.1. The van der Waals surface area contributed by atoms with E-state index in [2.05, 4.69) is 0 Å². The highest BCUT2D eigenvalue weighted by Gasteiger charge is 2.17. The molecule has 2 aromatic carbocycles. The highest BCUT2D eigenvalue weighted by Crippen LogP contribution is 2.23. The Morgan fingerprint density at radius 2 is 1.64 bits per heavy atom. The Balaban J connectivity index is 2.30. The van der Waals surface area contributed by atoms with Crippen LogP contribution in [0.15, 0.2) is 60.9 Å². The number of primary amides is 1. The molecule has 0 aliphatic carbocycles. The van der Waals surface area contributed by atoms with Crippen LogP contribution in [-0.4, -0.2) is 5.91 Å². The van der Waals surface area contributed by atoms with Crippen LogP contribution in [0.1, 0.15) is 21.5 Å². The van der Waals surface area contributed by atoms with Crippen molar-refractivity contribution >= 4 is 17.1 Å². The lowest BCUT2D eigenvalue weighted by Crippen LogP contribution is -2.22. The molecule has 22 heavy (non-hydrogen) atoms. The first-order chi connectivity index (χ1) is 10.6. The van der Waals surface area contributed by atoms with Gasteiger partial charge in [0.2, 0.25) is 5.91 Å². The predicted octanol–water partition coefficient (Wildman–Crippen LogP) is 1.44. The van der Waals surface area contributed by atoms with E-state index in [-0.39, 0.29) is 16.7 Å². The van der Waals surface area contributed by atoms with E-state index in [1.807, 2.05) is 30.3 Å². The third-order valence-corrected chi connectivity index (χ3v) is 3.28. The molecular weight excluding hydrogens is 286 g/mol. The van der Waals surface area contributed by atoms with Gasteiger partial charge in [-0.2, -0.15) is 0 Å². The summed E-state index contributed by atoms with van der Waals surface area (Å²) in [4.78, 5) is 34.3. The van der Waals surface area contributed by atoms with Crippen LogP contribution in [0.3, 0.4) is 0 Å². The minimum Gasteiger partial charge on any atom is -0.414 e. The van der Waals surface area contributed by atoms with Gasteiger partial charge in [0.1, 0.15) is 0 Å². The monoisotopic (exact) mass is 297 g/mol. The van der Waals surface area contributed by atoms with E-state index in [9.17, 15) is 14.4 Å². The zero-order chi connectivity index (χ0) is 15.7. The molecule has 0 saturated carbocycles. The van der Waals surface area contributed by atoms with E-state index in [0.29, 0.717) is 12.0 Å². The van der Waals surface area contributed by atoms with Gasteiger partial charge in [0.25, 0.3) is 0 Å². The van der Waals surface area contributed by atoms with Crippen molar-refractivity contribution in [3.8, 4) is 0 Å². The third kappa shape index (κ3) is 2.42. The lowest BCUT2D eigenvalue weighted by molar-refractivity contribution is 0.0999. The molecule has 0 aliphatic rings. The normalized spacial score (nSPS) is 10.7. The van der Waals surface area contributed by atoms with Gasteiger partial charge in [-0.3, -0.25) is 4.79 Å². The summed E-state index contributed by atoms with van der Waals surface area (Å²) in [5, 5.41) is 0. The second-order valence-electron chi connectivity index (χ2n) is 4.72. The predicted molar refractivity (Wildman–Crippen MR) is 78.8 cm³/mol. The minimum absolute atomic E-state index is 0.0600. The number of carbonyl (C=O) groups is 1. The highest BCUT2D eigenvalue weighted by atomic mass is 16.5. The van der Waals surface area contributed by atoms with Gasteiger partial charge >= 0.3 is 11.3 Å². The number of hydrogen-bond acceptors (Lipinski definition) is 5. The Labute approximate surface area is 123 Å². The smallest absolute Gasteiger partial charge is 0.414 e. The number of hydrogen-bond donors (Lipinski definition) is 1. The second kappa shape index (κ2) is 5.33. The van der Waals surface area contributed by atoms with Crippen molar-refractivity contribution in [1.82, 2.24) is 0 Å². The Morgan fingerprint density at radius 3 is 2.32 bits per heavy atom. The van der Waals surface area contributed by atoms with Crippen molar-refractivity contribution < 1.29 is 13.6 Å². The summed E-state index contributed by atoms with van der Waals surface area (Å²) < 4.78 is 9.91. The van der Waals surface area contributed by atoms with Crippen molar-refractivity contribution in [3.63, 3.8) is 0 Å². The molecule has 0 radical (unpaired) electrons. The molecule has 1 heterocycles. The lowest BCUT2D eigenvalue weighted by atomic mass is 9.98. The van der Waals surface area contributed by atoms with Crippen molar-refractivity contribution in [2.45, 2.75) is 6.42 Å². The molecule has 2 N–H and O–H groups in total. The summed E-state index contributed by atoms with van der Waals surface area (Å²) in [6.07, 6.45) is 0.313. The molecule has 1 aromatic heterocycles. The maximum Gasteiger partial charge on any atom is 0.423 e. The molecule has 0 saturated heterocycles. The van der Waals surface area contributed by atoms with Crippen LogP contribution >= 0.6 is 0 Å². The zero-order valence-corrected chi connectivity index (χ0v) is 11.4. The molecule has 3 rings (SSSR count). The first-order valence-corrected chi connectivity index (χ1v) is 6.50. The Bertz CT molecular complexity index is 969. The molecular formula is C16H11NO5. The van der Waals surface area contributed by atoms with Crippen molar-refractivity contribution in [2.24, 2.45) is 5.73 Å². The van der Waals surface area contributed by atoms with E-state index in [1.54, 1.807) is 0 Å². The van der Waals surface area contributed by atoms with E-state index in [1.165, 1.54) is 12.1 Å². The third-order valence-electron chi connectivity index (χ3n) is 3.28. The number of fused-ring (bicyclic) bond motifs is 1. The van der Waals surface area contributed by atoms with E-state index < -0.39 is 17.2 Å². The van der Waals surface area contributed by atoms with Crippen LogP contribution in [0.5, 0.6) is 0 Å². The Morgan fingerprint density at radius 1 is 0.955 bits per heavy atom. The average Bonchev–Trinajstić information content (AvgIpc) is 2.50. The molecule has 1 amide bonds. The lowest BCUT2D eigenvalue weighted by Gasteiger charge is -2.08. The van der Waals surface area contributed by atoms with Crippen LogP contribution in [0.25, 0.3) is 11.2 Å². The molecule has 0 unspecified atom stereocenters. The summed E-state index contributed by atoms with van der Waals surface area (Å²) in [7, 11) is 0. The Hall–Kier alpha value is -3.15. The van der Waals surface area contributed by atoms with Gasteiger partial charge in [0, 0.05) is 17.5 Å². The van der Waals surface area contributed by atoms with Crippen molar-refractivity contribution in [3.05, 3.63) is 80.0 Å². The van der Waals surface area contributed by atoms with E-state index in [4.69, 9.17) is 14.6 Å². The van der Waals surface area contributed by atoms with Crippen LogP contribution in [0.2, 0.25) is 0 Å². The molecule has 0 fully saturated rings. The van der Waals surface area contributed by atoms with Crippen molar-refractivity contribution in [1.29, 1.82) is 0 Å². The number of nitrogens with two attached hydrogens (primary N) is 1. The Kier molecular flexibility index (Phi) is 3.34. The maximum absolute atomic E-state index is 11.6. The van der Waals surface area contributed by atoms with Gasteiger partial charge in [0.15, 0.2) is 11.2 Å². The molecule has 6 heteroatoms. The molecule has 0 spiro atoms. The van der Waals surface area contributed by atoms with Gasteiger partial charge in [-0.05, 0) is 17.7 Å². The van der Waals surface area contributed by atoms with Crippen LogP contribution in [-0.2, 0) is 6.42 Å². The summed E-state index contributed by atoms with van der Waals surface area (Å²) in [5.41, 5.74) is 4.84. The fourth-order valence-electron chi connectivity index (χ4n) is 2.28. The second-order valence-corrected chi connectivity index (χ2v) is 4.72. The number of amides is 1. The van der Waals surface area contributed by atoms with Gasteiger partial charge in [-0.25, -0.2) is 9.59 Å². The van der Waals surface area contributed by atoms with Gasteiger partial charge in [0.05, 0.1) is 0 Å². The molecule has 6 nitrogen and oxygen atoms in total. The minimum atomic E-state index is -1.12. The quantitative estimate of drug-likeness (QED) is 0.737. The standard InChI is InChI=1S/C16H11NO5/c17-14(18)10-6-7-12-13(22-16(20)15(19)21-12)11(10)8-9-4-2-1-3-5-9/h1-7H,8H2,(H2,17,18). The first-order valence-electron chi connectivity index (χ1n) is 6.50. The molecule has 110 valence electrons. The van der Waals surface area contributed by atoms with Crippen LogP contribution in [0.4, 0.5) is 0 Å². The largest absolute Gasteiger partial charge is 0.423 e. The summed E-state index contributed by atoms with van der Waals surface area (Å²) in [6.45, 7) is 0. The maximum atomic E-state index is 11.6. The van der Waals surface area contributed by atoms with Crippen LogP contribution < -0.4 is 17.0 Å². The van der Waals surface area contributed by atoms with Crippen molar-refractivity contribution in [2.75, 3.05) is 0 Å². The van der Waals surface area contributed by atoms with Crippen LogP contribution in [0, 0.1) is 0 Å². The van der Waals surface area contributed by atoms with E-state index >= 15 is 0 Å².